The Bertz CT molecular complexity index is 1370. The Morgan fingerprint density at radius 2 is 1.64 bits per heavy atom. The molecule has 0 unspecified atom stereocenters. The van der Waals surface area contributed by atoms with Crippen molar-refractivity contribution in [3.05, 3.63) is 71.0 Å². The number of halogens is 1. The van der Waals surface area contributed by atoms with Gasteiger partial charge in [0.05, 0.1) is 28.5 Å². The summed E-state index contributed by atoms with van der Waals surface area (Å²) in [6, 6.07) is 14.1. The van der Waals surface area contributed by atoms with Gasteiger partial charge in [-0.3, -0.25) is 19.9 Å². The summed E-state index contributed by atoms with van der Waals surface area (Å²) in [4.78, 5) is 42.6. The number of carbonyl (C=O) groups excluding carboxylic acids is 3. The normalized spacial score (nSPS) is 11.2. The number of pyridine rings is 1. The fourth-order valence-electron chi connectivity index (χ4n) is 3.68. The number of aryl methyl sites for hydroxylation is 1. The molecule has 0 atom stereocenters. The Morgan fingerprint density at radius 3 is 2.31 bits per heavy atom. The number of aromatic nitrogens is 1. The molecule has 8 nitrogen and oxygen atoms in total. The molecular weight excluding hydrogens is 516 g/mol. The fourth-order valence-corrected chi connectivity index (χ4v) is 3.91. The van der Waals surface area contributed by atoms with Gasteiger partial charge in [0, 0.05) is 24.0 Å². The van der Waals surface area contributed by atoms with Gasteiger partial charge in [0.1, 0.15) is 5.60 Å². The molecule has 1 heterocycles. The minimum absolute atomic E-state index is 0.250. The third-order valence-corrected chi connectivity index (χ3v) is 5.77. The molecule has 0 aliphatic heterocycles. The Balaban J connectivity index is 1.79. The average Bonchev–Trinajstić information content (AvgIpc) is 2.83. The SMILES string of the molecule is Cc1cc(-c2cccc(C(=O)CC(=O)Nc3cc(Cl)c(NCC(C)C)cc3NC(=O)OC(C)(C)C)c2)ccn1. The van der Waals surface area contributed by atoms with Gasteiger partial charge in [-0.15, -0.1) is 0 Å². The summed E-state index contributed by atoms with van der Waals surface area (Å²) in [7, 11) is 0. The molecular formula is C30H35ClN4O4. The molecule has 0 spiro atoms. The molecule has 9 heteroatoms. The molecule has 0 saturated heterocycles. The van der Waals surface area contributed by atoms with Crippen molar-refractivity contribution < 1.29 is 19.1 Å². The zero-order valence-electron chi connectivity index (χ0n) is 23.1. The number of carbonyl (C=O) groups is 3. The summed E-state index contributed by atoms with van der Waals surface area (Å²) in [6.45, 7) is 11.9. The summed E-state index contributed by atoms with van der Waals surface area (Å²) in [5, 5.41) is 8.98. The number of ketones is 1. The number of hydrogen-bond acceptors (Lipinski definition) is 6. The molecule has 0 bridgehead atoms. The van der Waals surface area contributed by atoms with Crippen LogP contribution in [0.15, 0.2) is 54.7 Å². The molecule has 0 radical (unpaired) electrons. The van der Waals surface area contributed by atoms with Crippen molar-refractivity contribution in [2.45, 2.75) is 53.6 Å². The van der Waals surface area contributed by atoms with Crippen LogP contribution in [0.25, 0.3) is 11.1 Å². The van der Waals surface area contributed by atoms with Gasteiger partial charge in [0.25, 0.3) is 0 Å². The van der Waals surface area contributed by atoms with E-state index in [-0.39, 0.29) is 17.2 Å². The lowest BCUT2D eigenvalue weighted by molar-refractivity contribution is -0.115. The number of benzene rings is 2. The van der Waals surface area contributed by atoms with E-state index in [1.807, 2.05) is 25.1 Å². The molecule has 1 aromatic heterocycles. The van der Waals surface area contributed by atoms with E-state index in [0.717, 1.165) is 16.8 Å². The number of amides is 2. The predicted octanol–water partition coefficient (Wildman–Crippen LogP) is 7.34. The quantitative estimate of drug-likeness (QED) is 0.190. The van der Waals surface area contributed by atoms with E-state index in [4.69, 9.17) is 16.3 Å². The smallest absolute Gasteiger partial charge is 0.412 e. The highest BCUT2D eigenvalue weighted by molar-refractivity contribution is 6.34. The van der Waals surface area contributed by atoms with Crippen LogP contribution in [0.3, 0.4) is 0 Å². The van der Waals surface area contributed by atoms with Crippen LogP contribution in [0.2, 0.25) is 5.02 Å². The molecule has 2 amide bonds. The number of nitrogens with one attached hydrogen (secondary N) is 3. The second-order valence-corrected chi connectivity index (χ2v) is 11.1. The Morgan fingerprint density at radius 1 is 0.949 bits per heavy atom. The van der Waals surface area contributed by atoms with E-state index in [0.29, 0.717) is 28.7 Å². The van der Waals surface area contributed by atoms with Crippen LogP contribution in [0.5, 0.6) is 0 Å². The zero-order valence-corrected chi connectivity index (χ0v) is 23.9. The zero-order chi connectivity index (χ0) is 28.7. The molecule has 39 heavy (non-hydrogen) atoms. The molecule has 206 valence electrons. The largest absolute Gasteiger partial charge is 0.444 e. The van der Waals surface area contributed by atoms with Gasteiger partial charge >= 0.3 is 6.09 Å². The standard InChI is InChI=1S/C30H35ClN4O4/c1-18(2)17-33-24-15-26(35-29(38)39-30(4,5)6)25(14-23(24)31)34-28(37)16-27(36)22-9-7-8-20(13-22)21-10-11-32-19(3)12-21/h7-15,18,33H,16-17H2,1-6H3,(H,34,37)(H,35,38). The number of anilines is 3. The first-order chi connectivity index (χ1) is 18.3. The molecule has 2 aromatic carbocycles. The lowest BCUT2D eigenvalue weighted by atomic mass is 10.0. The van der Waals surface area contributed by atoms with Gasteiger partial charge in [-0.2, -0.15) is 0 Å². The average molecular weight is 551 g/mol. The van der Waals surface area contributed by atoms with E-state index in [2.05, 4.69) is 34.8 Å². The fraction of sp³-hybridized carbons (Fsp3) is 0.333. The Hall–Kier alpha value is -3.91. The van der Waals surface area contributed by atoms with Crippen LogP contribution in [0.1, 0.15) is 57.1 Å². The van der Waals surface area contributed by atoms with Gasteiger partial charge in [0.2, 0.25) is 5.91 Å². The van der Waals surface area contributed by atoms with Crippen LogP contribution in [-0.2, 0) is 9.53 Å². The van der Waals surface area contributed by atoms with Crippen LogP contribution < -0.4 is 16.0 Å². The van der Waals surface area contributed by atoms with Crippen molar-refractivity contribution in [2.75, 3.05) is 22.5 Å². The van der Waals surface area contributed by atoms with E-state index in [1.165, 1.54) is 6.07 Å². The molecule has 3 aromatic rings. The van der Waals surface area contributed by atoms with E-state index in [1.54, 1.807) is 51.2 Å². The maximum Gasteiger partial charge on any atom is 0.412 e. The third kappa shape index (κ3) is 9.11. The third-order valence-electron chi connectivity index (χ3n) is 5.45. The van der Waals surface area contributed by atoms with E-state index >= 15 is 0 Å². The maximum atomic E-state index is 13.0. The molecule has 0 saturated carbocycles. The molecule has 0 aliphatic carbocycles. The summed E-state index contributed by atoms with van der Waals surface area (Å²) < 4.78 is 5.37. The van der Waals surface area contributed by atoms with Crippen molar-refractivity contribution in [1.82, 2.24) is 4.98 Å². The Labute approximate surface area is 234 Å². The highest BCUT2D eigenvalue weighted by Gasteiger charge is 2.20. The van der Waals surface area contributed by atoms with Crippen molar-refractivity contribution in [1.29, 1.82) is 0 Å². The highest BCUT2D eigenvalue weighted by Crippen LogP contribution is 2.34. The van der Waals surface area contributed by atoms with Gasteiger partial charge < -0.3 is 15.4 Å². The minimum Gasteiger partial charge on any atom is -0.444 e. The van der Waals surface area contributed by atoms with Crippen molar-refractivity contribution in [3.8, 4) is 11.1 Å². The monoisotopic (exact) mass is 550 g/mol. The second kappa shape index (κ2) is 12.8. The minimum atomic E-state index is -0.714. The summed E-state index contributed by atoms with van der Waals surface area (Å²) in [6.07, 6.45) is 0.634. The van der Waals surface area contributed by atoms with Crippen molar-refractivity contribution >= 4 is 46.4 Å². The highest BCUT2D eigenvalue weighted by atomic mass is 35.5. The van der Waals surface area contributed by atoms with Gasteiger partial charge in [-0.1, -0.05) is 43.6 Å². The predicted molar refractivity (Wildman–Crippen MR) is 157 cm³/mol. The Kier molecular flexibility index (Phi) is 9.70. The maximum absolute atomic E-state index is 13.0. The van der Waals surface area contributed by atoms with E-state index in [9.17, 15) is 14.4 Å². The topological polar surface area (TPSA) is 109 Å². The number of ether oxygens (including phenoxy) is 1. The lowest BCUT2D eigenvalue weighted by Gasteiger charge is -2.21. The van der Waals surface area contributed by atoms with Gasteiger partial charge in [0.15, 0.2) is 5.78 Å². The first kappa shape index (κ1) is 29.6. The number of nitrogens with zero attached hydrogens (tertiary/aromatic N) is 1. The molecule has 3 N–H and O–H groups in total. The number of hydrogen-bond donors (Lipinski definition) is 3. The number of Topliss-reactive ketones (excluding diaryl/α,β-unsaturated/α-hetero) is 1. The first-order valence-corrected chi connectivity index (χ1v) is 13.1. The summed E-state index contributed by atoms with van der Waals surface area (Å²) in [5.41, 5.74) is 3.48. The lowest BCUT2D eigenvalue weighted by Crippen LogP contribution is -2.28. The molecule has 0 aliphatic rings. The van der Waals surface area contributed by atoms with Crippen molar-refractivity contribution in [2.24, 2.45) is 5.92 Å². The van der Waals surface area contributed by atoms with E-state index < -0.39 is 24.0 Å². The van der Waals surface area contributed by atoms with Crippen LogP contribution in [-0.4, -0.2) is 34.9 Å². The van der Waals surface area contributed by atoms with Crippen molar-refractivity contribution in [3.63, 3.8) is 0 Å². The van der Waals surface area contributed by atoms with Crippen LogP contribution >= 0.6 is 11.6 Å². The summed E-state index contributed by atoms with van der Waals surface area (Å²) >= 11 is 6.47. The number of rotatable bonds is 9. The second-order valence-electron chi connectivity index (χ2n) is 10.7. The summed E-state index contributed by atoms with van der Waals surface area (Å²) in [5.74, 6) is -0.533. The van der Waals surface area contributed by atoms with Crippen LogP contribution in [0, 0.1) is 12.8 Å². The molecule has 3 rings (SSSR count). The van der Waals surface area contributed by atoms with Gasteiger partial charge in [-0.05, 0) is 75.1 Å². The molecule has 0 fully saturated rings. The van der Waals surface area contributed by atoms with Crippen LogP contribution in [0.4, 0.5) is 21.9 Å². The first-order valence-electron chi connectivity index (χ1n) is 12.7. The van der Waals surface area contributed by atoms with Gasteiger partial charge in [-0.25, -0.2) is 4.79 Å².